The summed E-state index contributed by atoms with van der Waals surface area (Å²) in [6, 6.07) is 21.9. The number of hydrogen-bond acceptors (Lipinski definition) is 4. The monoisotopic (exact) mass is 447 g/mol. The van der Waals surface area contributed by atoms with Crippen LogP contribution >= 0.6 is 22.9 Å². The first-order valence-corrected chi connectivity index (χ1v) is 11.5. The Morgan fingerprint density at radius 1 is 0.968 bits per heavy atom. The molecular formula is C25H22ClN3OS. The van der Waals surface area contributed by atoms with Gasteiger partial charge in [0.25, 0.3) is 5.91 Å². The molecule has 0 atom stereocenters. The van der Waals surface area contributed by atoms with E-state index in [-0.39, 0.29) is 5.91 Å². The van der Waals surface area contributed by atoms with E-state index in [0.717, 1.165) is 50.8 Å². The SMILES string of the molecule is Cc1ccc(-c2cc(C(=O)N3CCN(c4ccc(Cl)cc4)CC3)c3ccccc3n2)s1. The highest BCUT2D eigenvalue weighted by Gasteiger charge is 2.24. The number of hydrogen-bond donors (Lipinski definition) is 0. The van der Waals surface area contributed by atoms with Gasteiger partial charge in [-0.05, 0) is 55.5 Å². The molecule has 6 heteroatoms. The van der Waals surface area contributed by atoms with Crippen LogP contribution in [0.2, 0.25) is 5.02 Å². The maximum atomic E-state index is 13.6. The zero-order valence-electron chi connectivity index (χ0n) is 17.2. The van der Waals surface area contributed by atoms with E-state index in [4.69, 9.17) is 16.6 Å². The number of carbonyl (C=O) groups excluding carboxylic acids is 1. The standard InChI is InChI=1S/C25H22ClN3OS/c1-17-6-11-24(31-17)23-16-21(20-4-2-3-5-22(20)27-23)25(30)29-14-12-28(13-15-29)19-9-7-18(26)8-10-19/h2-11,16H,12-15H2,1H3. The fourth-order valence-electron chi connectivity index (χ4n) is 4.04. The molecule has 4 nitrogen and oxygen atoms in total. The summed E-state index contributed by atoms with van der Waals surface area (Å²) in [6.45, 7) is 5.05. The van der Waals surface area contributed by atoms with E-state index in [0.29, 0.717) is 13.1 Å². The molecule has 3 heterocycles. The fourth-order valence-corrected chi connectivity index (χ4v) is 4.99. The van der Waals surface area contributed by atoms with Gasteiger partial charge < -0.3 is 9.80 Å². The summed E-state index contributed by atoms with van der Waals surface area (Å²) in [5.74, 6) is 0.0730. The highest BCUT2D eigenvalue weighted by atomic mass is 35.5. The topological polar surface area (TPSA) is 36.4 Å². The highest BCUT2D eigenvalue weighted by molar-refractivity contribution is 7.15. The van der Waals surface area contributed by atoms with Crippen LogP contribution in [0.15, 0.2) is 66.7 Å². The molecule has 2 aromatic carbocycles. The van der Waals surface area contributed by atoms with E-state index in [1.54, 1.807) is 11.3 Å². The minimum atomic E-state index is 0.0730. The summed E-state index contributed by atoms with van der Waals surface area (Å²) in [4.78, 5) is 25.0. The number of aromatic nitrogens is 1. The fraction of sp³-hybridized carbons (Fsp3) is 0.200. The van der Waals surface area contributed by atoms with Gasteiger partial charge in [-0.3, -0.25) is 4.79 Å². The van der Waals surface area contributed by atoms with E-state index in [2.05, 4.69) is 24.0 Å². The zero-order chi connectivity index (χ0) is 21.4. The van der Waals surface area contributed by atoms with Crippen LogP contribution in [-0.4, -0.2) is 42.0 Å². The van der Waals surface area contributed by atoms with E-state index in [9.17, 15) is 4.79 Å². The van der Waals surface area contributed by atoms with Crippen LogP contribution in [0.3, 0.4) is 0 Å². The van der Waals surface area contributed by atoms with E-state index in [1.807, 2.05) is 59.5 Å². The number of fused-ring (bicyclic) bond motifs is 1. The van der Waals surface area contributed by atoms with Crippen LogP contribution in [-0.2, 0) is 0 Å². The number of rotatable bonds is 3. The molecule has 0 bridgehead atoms. The van der Waals surface area contributed by atoms with Crippen LogP contribution in [0.1, 0.15) is 15.2 Å². The van der Waals surface area contributed by atoms with Gasteiger partial charge >= 0.3 is 0 Å². The third-order valence-corrected chi connectivity index (χ3v) is 6.97. The third kappa shape index (κ3) is 4.03. The number of aryl methyl sites for hydroxylation is 1. The largest absolute Gasteiger partial charge is 0.368 e. The van der Waals surface area contributed by atoms with Crippen molar-refractivity contribution in [3.63, 3.8) is 0 Å². The van der Waals surface area contributed by atoms with Gasteiger partial charge in [0, 0.05) is 47.2 Å². The van der Waals surface area contributed by atoms with Gasteiger partial charge in [-0.15, -0.1) is 11.3 Å². The molecule has 5 rings (SSSR count). The third-order valence-electron chi connectivity index (χ3n) is 5.70. The first kappa shape index (κ1) is 20.0. The minimum absolute atomic E-state index is 0.0730. The number of pyridine rings is 1. The smallest absolute Gasteiger partial charge is 0.254 e. The molecule has 156 valence electrons. The normalized spacial score (nSPS) is 14.3. The van der Waals surface area contributed by atoms with Crippen LogP contribution in [0.25, 0.3) is 21.5 Å². The van der Waals surface area contributed by atoms with Crippen LogP contribution in [0.5, 0.6) is 0 Å². The van der Waals surface area contributed by atoms with Gasteiger partial charge in [0.05, 0.1) is 21.7 Å². The van der Waals surface area contributed by atoms with Gasteiger partial charge in [0.2, 0.25) is 0 Å². The second kappa shape index (κ2) is 8.33. The maximum Gasteiger partial charge on any atom is 0.254 e. The molecule has 1 aliphatic rings. The van der Waals surface area contributed by atoms with Gasteiger partial charge in [0.15, 0.2) is 0 Å². The first-order chi connectivity index (χ1) is 15.1. The number of para-hydroxylation sites is 1. The maximum absolute atomic E-state index is 13.6. The van der Waals surface area contributed by atoms with E-state index in [1.165, 1.54) is 4.88 Å². The number of nitrogens with zero attached hydrogens (tertiary/aromatic N) is 3. The van der Waals surface area contributed by atoms with Crippen molar-refractivity contribution in [2.24, 2.45) is 0 Å². The lowest BCUT2D eigenvalue weighted by Crippen LogP contribution is -2.48. The Kier molecular flexibility index (Phi) is 5.38. The lowest BCUT2D eigenvalue weighted by atomic mass is 10.1. The predicted octanol–water partition coefficient (Wildman–Crippen LogP) is 5.89. The van der Waals surface area contributed by atoms with Gasteiger partial charge in [-0.1, -0.05) is 29.8 Å². The Hall–Kier alpha value is -2.89. The van der Waals surface area contributed by atoms with Crippen LogP contribution < -0.4 is 4.90 Å². The number of carbonyl (C=O) groups is 1. The lowest BCUT2D eigenvalue weighted by Gasteiger charge is -2.36. The molecule has 0 N–H and O–H groups in total. The molecule has 0 aliphatic carbocycles. The Balaban J connectivity index is 1.42. The second-order valence-electron chi connectivity index (χ2n) is 7.74. The van der Waals surface area contributed by atoms with Crippen molar-refractivity contribution in [2.75, 3.05) is 31.1 Å². The van der Waals surface area contributed by atoms with Crippen molar-refractivity contribution >= 4 is 45.4 Å². The number of piperazine rings is 1. The Morgan fingerprint density at radius 3 is 2.42 bits per heavy atom. The Bertz CT molecular complexity index is 1240. The van der Waals surface area contributed by atoms with Gasteiger partial charge in [-0.25, -0.2) is 4.98 Å². The second-order valence-corrected chi connectivity index (χ2v) is 9.46. The van der Waals surface area contributed by atoms with Crippen LogP contribution in [0, 0.1) is 6.92 Å². The summed E-state index contributed by atoms with van der Waals surface area (Å²) in [5, 5.41) is 1.64. The quantitative estimate of drug-likeness (QED) is 0.393. The summed E-state index contributed by atoms with van der Waals surface area (Å²) < 4.78 is 0. The average molecular weight is 448 g/mol. The molecule has 4 aromatic rings. The molecule has 0 unspecified atom stereocenters. The molecule has 0 saturated carbocycles. The molecule has 1 fully saturated rings. The molecule has 31 heavy (non-hydrogen) atoms. The molecule has 2 aromatic heterocycles. The molecule has 1 aliphatic heterocycles. The number of benzene rings is 2. The summed E-state index contributed by atoms with van der Waals surface area (Å²) >= 11 is 7.71. The average Bonchev–Trinajstić information content (AvgIpc) is 3.25. The van der Waals surface area contributed by atoms with Crippen molar-refractivity contribution in [1.82, 2.24) is 9.88 Å². The van der Waals surface area contributed by atoms with Crippen molar-refractivity contribution in [2.45, 2.75) is 6.92 Å². The molecule has 0 spiro atoms. The number of anilines is 1. The lowest BCUT2D eigenvalue weighted by molar-refractivity contribution is 0.0748. The molecular weight excluding hydrogens is 426 g/mol. The predicted molar refractivity (Wildman–Crippen MR) is 129 cm³/mol. The Morgan fingerprint density at radius 2 is 1.71 bits per heavy atom. The number of halogens is 1. The van der Waals surface area contributed by atoms with Crippen molar-refractivity contribution < 1.29 is 4.79 Å². The van der Waals surface area contributed by atoms with Crippen molar-refractivity contribution in [3.8, 4) is 10.6 Å². The molecule has 1 amide bonds. The summed E-state index contributed by atoms with van der Waals surface area (Å²) in [6.07, 6.45) is 0. The van der Waals surface area contributed by atoms with Crippen molar-refractivity contribution in [1.29, 1.82) is 0 Å². The Labute approximate surface area is 190 Å². The number of thiophene rings is 1. The molecule has 1 saturated heterocycles. The molecule has 0 radical (unpaired) electrons. The summed E-state index contributed by atoms with van der Waals surface area (Å²) in [7, 11) is 0. The van der Waals surface area contributed by atoms with Crippen LogP contribution in [0.4, 0.5) is 5.69 Å². The minimum Gasteiger partial charge on any atom is -0.368 e. The first-order valence-electron chi connectivity index (χ1n) is 10.3. The zero-order valence-corrected chi connectivity index (χ0v) is 18.8. The number of amides is 1. The van der Waals surface area contributed by atoms with Gasteiger partial charge in [0.1, 0.15) is 0 Å². The van der Waals surface area contributed by atoms with E-state index >= 15 is 0 Å². The highest BCUT2D eigenvalue weighted by Crippen LogP contribution is 2.30. The van der Waals surface area contributed by atoms with Crippen molar-refractivity contribution in [3.05, 3.63) is 82.2 Å². The van der Waals surface area contributed by atoms with E-state index < -0.39 is 0 Å². The van der Waals surface area contributed by atoms with Gasteiger partial charge in [-0.2, -0.15) is 0 Å². The summed E-state index contributed by atoms with van der Waals surface area (Å²) in [5.41, 5.74) is 3.59.